The maximum Gasteiger partial charge on any atom is 0.469 e. The molecule has 0 saturated heterocycles. The first-order valence-corrected chi connectivity index (χ1v) is 23.2. The number of unbranched alkanes of at least 4 members (excludes halogenated alkanes) is 26. The smallest absolute Gasteiger partial charge is 0.462 e. The summed E-state index contributed by atoms with van der Waals surface area (Å²) in [7, 11) is -4.75. The van der Waals surface area contributed by atoms with Gasteiger partial charge < -0.3 is 19.3 Å². The second-order valence-electron chi connectivity index (χ2n) is 14.7. The molecule has 0 bridgehead atoms. The number of phosphoric acid groups is 1. The number of phosphoric ester groups is 1. The number of ether oxygens (including phenoxy) is 2. The monoisotopic (exact) mass is 757 g/mol. The van der Waals surface area contributed by atoms with Crippen molar-refractivity contribution in [3.8, 4) is 0 Å². The van der Waals surface area contributed by atoms with Crippen LogP contribution in [0.1, 0.15) is 219 Å². The summed E-state index contributed by atoms with van der Waals surface area (Å²) in [6, 6.07) is 0. The Morgan fingerprint density at radius 1 is 0.481 bits per heavy atom. The van der Waals surface area contributed by atoms with Crippen molar-refractivity contribution >= 4 is 19.8 Å². The zero-order chi connectivity index (χ0) is 38.2. The lowest BCUT2D eigenvalue weighted by molar-refractivity contribution is -0.161. The first-order chi connectivity index (χ1) is 25.3. The van der Waals surface area contributed by atoms with Gasteiger partial charge >= 0.3 is 19.8 Å². The van der Waals surface area contributed by atoms with Crippen LogP contribution in [0.15, 0.2) is 24.3 Å². The second-order valence-corrected chi connectivity index (χ2v) is 15.9. The quantitative estimate of drug-likeness (QED) is 0.0274. The molecule has 0 aliphatic rings. The van der Waals surface area contributed by atoms with Crippen molar-refractivity contribution < 1.29 is 37.9 Å². The molecule has 0 rings (SSSR count). The second kappa shape index (κ2) is 39.2. The van der Waals surface area contributed by atoms with Crippen LogP contribution in [-0.4, -0.2) is 41.0 Å². The van der Waals surface area contributed by atoms with Gasteiger partial charge in [0.05, 0.1) is 6.61 Å². The summed E-state index contributed by atoms with van der Waals surface area (Å²) in [6.45, 7) is 3.68. The van der Waals surface area contributed by atoms with E-state index >= 15 is 0 Å². The Hall–Kier alpha value is -1.47. The zero-order valence-corrected chi connectivity index (χ0v) is 34.6. The van der Waals surface area contributed by atoms with Crippen molar-refractivity contribution in [1.82, 2.24) is 0 Å². The van der Waals surface area contributed by atoms with Gasteiger partial charge in [-0.1, -0.05) is 167 Å². The van der Waals surface area contributed by atoms with Crippen LogP contribution in [0.5, 0.6) is 0 Å². The number of rotatable bonds is 40. The molecule has 0 aliphatic carbocycles. The fourth-order valence-corrected chi connectivity index (χ4v) is 6.55. The topological polar surface area (TPSA) is 119 Å². The molecule has 8 nitrogen and oxygen atoms in total. The average molecular weight is 757 g/mol. The van der Waals surface area contributed by atoms with E-state index in [1.807, 2.05) is 0 Å². The molecule has 0 unspecified atom stereocenters. The van der Waals surface area contributed by atoms with E-state index in [0.717, 1.165) is 51.4 Å². The third-order valence-electron chi connectivity index (χ3n) is 9.44. The average Bonchev–Trinajstić information content (AvgIpc) is 3.11. The number of carbonyl (C=O) groups is 2. The molecule has 0 spiro atoms. The van der Waals surface area contributed by atoms with Gasteiger partial charge in [0.2, 0.25) is 0 Å². The van der Waals surface area contributed by atoms with Crippen LogP contribution < -0.4 is 0 Å². The van der Waals surface area contributed by atoms with Gasteiger partial charge in [0.1, 0.15) is 6.61 Å². The number of hydrogen-bond acceptors (Lipinski definition) is 6. The van der Waals surface area contributed by atoms with Gasteiger partial charge in [-0.2, -0.15) is 0 Å². The Balaban J connectivity index is 3.88. The molecule has 9 heteroatoms. The lowest BCUT2D eigenvalue weighted by Crippen LogP contribution is -2.29. The predicted octanol–water partition coefficient (Wildman–Crippen LogP) is 13.2. The predicted molar refractivity (Wildman–Crippen MR) is 216 cm³/mol. The summed E-state index contributed by atoms with van der Waals surface area (Å²) in [6.07, 6.45) is 44.7. The third-order valence-corrected chi connectivity index (χ3v) is 9.93. The molecule has 0 fully saturated rings. The first kappa shape index (κ1) is 50.5. The molecule has 0 aromatic rings. The first-order valence-electron chi connectivity index (χ1n) is 21.6. The van der Waals surface area contributed by atoms with Crippen molar-refractivity contribution in [2.24, 2.45) is 0 Å². The minimum Gasteiger partial charge on any atom is -0.462 e. The summed E-state index contributed by atoms with van der Waals surface area (Å²) in [5.74, 6) is -0.885. The van der Waals surface area contributed by atoms with E-state index in [9.17, 15) is 14.2 Å². The van der Waals surface area contributed by atoms with Crippen molar-refractivity contribution in [3.05, 3.63) is 24.3 Å². The Bertz CT molecular complexity index is 900. The van der Waals surface area contributed by atoms with E-state index in [0.29, 0.717) is 6.42 Å². The van der Waals surface area contributed by atoms with Gasteiger partial charge in [-0.25, -0.2) is 4.57 Å². The fourth-order valence-electron chi connectivity index (χ4n) is 6.19. The van der Waals surface area contributed by atoms with Crippen LogP contribution in [0.3, 0.4) is 0 Å². The number of allylic oxidation sites excluding steroid dienone is 4. The van der Waals surface area contributed by atoms with Crippen LogP contribution >= 0.6 is 7.82 Å². The minimum absolute atomic E-state index is 0.211. The lowest BCUT2D eigenvalue weighted by atomic mass is 10.1. The highest BCUT2D eigenvalue weighted by Crippen LogP contribution is 2.36. The molecule has 1 atom stereocenters. The fraction of sp³-hybridized carbons (Fsp3) is 0.860. The molecule has 52 heavy (non-hydrogen) atoms. The lowest BCUT2D eigenvalue weighted by Gasteiger charge is -2.18. The Labute approximate surface area is 319 Å². The van der Waals surface area contributed by atoms with Crippen LogP contribution in [0.4, 0.5) is 0 Å². The molecule has 0 saturated carbocycles. The zero-order valence-electron chi connectivity index (χ0n) is 33.7. The van der Waals surface area contributed by atoms with E-state index in [4.69, 9.17) is 19.3 Å². The van der Waals surface area contributed by atoms with E-state index in [1.165, 1.54) is 135 Å². The molecular weight excluding hydrogens is 675 g/mol. The standard InChI is InChI=1S/C43H81O8P/c1-3-5-7-9-11-13-15-17-19-20-21-22-24-26-28-30-32-34-36-38-43(45)51-41(40-50-52(46,47)48)39-49-42(44)37-35-33-31-29-27-25-23-18-16-14-12-10-8-6-4-2/h14,16-17,19,41H,3-13,15,18,20-40H2,1-2H3,(H2,46,47,48)/b16-14+,19-17+/t41-/m1/s1. The van der Waals surface area contributed by atoms with Crippen LogP contribution in [-0.2, 0) is 28.2 Å². The van der Waals surface area contributed by atoms with Crippen molar-refractivity contribution in [2.45, 2.75) is 225 Å². The molecule has 0 aliphatic heterocycles. The van der Waals surface area contributed by atoms with E-state index < -0.39 is 32.5 Å². The Kier molecular flexibility index (Phi) is 38.1. The molecule has 0 radical (unpaired) electrons. The summed E-state index contributed by atoms with van der Waals surface area (Å²) in [5.41, 5.74) is 0. The highest BCUT2D eigenvalue weighted by atomic mass is 31.2. The maximum absolute atomic E-state index is 12.4. The van der Waals surface area contributed by atoms with E-state index in [2.05, 4.69) is 42.7 Å². The number of esters is 2. The molecular formula is C43H81O8P. The summed E-state index contributed by atoms with van der Waals surface area (Å²) < 4.78 is 26.4. The molecule has 306 valence electrons. The number of carbonyl (C=O) groups excluding carboxylic acids is 2. The SMILES string of the molecule is CCCCCC/C=C/CCCCCCCCCC(=O)OC[C@H](COP(=O)(O)O)OC(=O)CCCCCCCCCCC/C=C/CCCCCCCC. The van der Waals surface area contributed by atoms with Gasteiger partial charge in [0.15, 0.2) is 6.10 Å². The summed E-state index contributed by atoms with van der Waals surface area (Å²) in [5, 5.41) is 0. The Morgan fingerprint density at radius 2 is 0.808 bits per heavy atom. The van der Waals surface area contributed by atoms with E-state index in [-0.39, 0.29) is 19.4 Å². The third kappa shape index (κ3) is 41.3. The molecule has 2 N–H and O–H groups in total. The minimum atomic E-state index is -4.75. The van der Waals surface area contributed by atoms with Gasteiger partial charge in [0.25, 0.3) is 0 Å². The summed E-state index contributed by atoms with van der Waals surface area (Å²) in [4.78, 5) is 42.9. The maximum atomic E-state index is 12.4. The van der Waals surface area contributed by atoms with Crippen LogP contribution in [0.25, 0.3) is 0 Å². The van der Waals surface area contributed by atoms with Crippen LogP contribution in [0.2, 0.25) is 0 Å². The molecule has 0 amide bonds. The van der Waals surface area contributed by atoms with Gasteiger partial charge in [0, 0.05) is 12.8 Å². The van der Waals surface area contributed by atoms with Crippen LogP contribution in [0, 0.1) is 0 Å². The highest BCUT2D eigenvalue weighted by Gasteiger charge is 2.22. The van der Waals surface area contributed by atoms with Crippen molar-refractivity contribution in [1.29, 1.82) is 0 Å². The van der Waals surface area contributed by atoms with Crippen molar-refractivity contribution in [3.63, 3.8) is 0 Å². The Morgan fingerprint density at radius 3 is 1.19 bits per heavy atom. The number of hydrogen-bond donors (Lipinski definition) is 2. The van der Waals surface area contributed by atoms with Gasteiger partial charge in [-0.3, -0.25) is 14.1 Å². The van der Waals surface area contributed by atoms with E-state index in [1.54, 1.807) is 0 Å². The molecule has 0 heterocycles. The van der Waals surface area contributed by atoms with Gasteiger partial charge in [-0.15, -0.1) is 0 Å². The van der Waals surface area contributed by atoms with Crippen molar-refractivity contribution in [2.75, 3.05) is 13.2 Å². The highest BCUT2D eigenvalue weighted by molar-refractivity contribution is 7.46. The molecule has 0 aromatic carbocycles. The van der Waals surface area contributed by atoms with Gasteiger partial charge in [-0.05, 0) is 64.2 Å². The molecule has 0 aromatic heterocycles. The normalized spacial score (nSPS) is 12.6. The largest absolute Gasteiger partial charge is 0.469 e. The summed E-state index contributed by atoms with van der Waals surface area (Å²) >= 11 is 0.